The standard InChI is InChI=1S/C36H48N2O3/c1-3-4-5-6-7-8-9-10-11-12-13-19-26-41-35-23-22-31(27-33(35)30(2)39)28-36(40)37-34-21-16-15-20-32(34)29-38-24-17-14-18-25-38/h14-18,20-25,27H,3-13,19,26,28-29H2,1-2H3/p+1. The second-order valence-electron chi connectivity index (χ2n) is 11.1. The van der Waals surface area contributed by atoms with Crippen molar-refractivity contribution in [3.63, 3.8) is 0 Å². The molecule has 0 aliphatic rings. The zero-order chi connectivity index (χ0) is 29.1. The topological polar surface area (TPSA) is 59.3 Å². The van der Waals surface area contributed by atoms with Crippen LogP contribution in [-0.2, 0) is 17.8 Å². The highest BCUT2D eigenvalue weighted by Gasteiger charge is 2.14. The molecule has 0 aliphatic heterocycles. The van der Waals surface area contributed by atoms with Crippen LogP contribution in [0.1, 0.15) is 112 Å². The summed E-state index contributed by atoms with van der Waals surface area (Å²) in [5.41, 5.74) is 3.15. The van der Waals surface area contributed by atoms with Crippen LogP contribution in [0.15, 0.2) is 73.1 Å². The molecule has 220 valence electrons. The predicted octanol–water partition coefficient (Wildman–Crippen LogP) is 8.49. The van der Waals surface area contributed by atoms with Gasteiger partial charge in [0.2, 0.25) is 5.91 Å². The van der Waals surface area contributed by atoms with E-state index in [-0.39, 0.29) is 18.1 Å². The van der Waals surface area contributed by atoms with Gasteiger partial charge < -0.3 is 10.1 Å². The number of carbonyl (C=O) groups excluding carboxylic acids is 2. The number of anilines is 1. The van der Waals surface area contributed by atoms with Crippen LogP contribution in [-0.4, -0.2) is 18.3 Å². The Labute approximate surface area is 247 Å². The van der Waals surface area contributed by atoms with Crippen LogP contribution in [0.5, 0.6) is 5.75 Å². The highest BCUT2D eigenvalue weighted by Crippen LogP contribution is 2.23. The van der Waals surface area contributed by atoms with Gasteiger partial charge in [0.15, 0.2) is 24.7 Å². The summed E-state index contributed by atoms with van der Waals surface area (Å²) in [7, 11) is 0. The fraction of sp³-hybridized carbons (Fsp3) is 0.472. The molecule has 0 radical (unpaired) electrons. The molecule has 1 amide bonds. The first-order valence-corrected chi connectivity index (χ1v) is 15.7. The average molecular weight is 558 g/mol. The van der Waals surface area contributed by atoms with Gasteiger partial charge in [-0.25, -0.2) is 4.57 Å². The number of nitrogens with zero attached hydrogens (tertiary/aromatic N) is 1. The van der Waals surface area contributed by atoms with Gasteiger partial charge in [-0.2, -0.15) is 0 Å². The summed E-state index contributed by atoms with van der Waals surface area (Å²) in [5.74, 6) is 0.437. The zero-order valence-electron chi connectivity index (χ0n) is 25.2. The summed E-state index contributed by atoms with van der Waals surface area (Å²) in [6, 6.07) is 19.3. The molecule has 1 N–H and O–H groups in total. The van der Waals surface area contributed by atoms with E-state index >= 15 is 0 Å². The third-order valence-corrected chi connectivity index (χ3v) is 7.47. The van der Waals surface area contributed by atoms with Crippen molar-refractivity contribution in [3.8, 4) is 5.75 Å². The van der Waals surface area contributed by atoms with Crippen LogP contribution >= 0.6 is 0 Å². The molecular weight excluding hydrogens is 508 g/mol. The lowest BCUT2D eigenvalue weighted by Crippen LogP contribution is -2.33. The van der Waals surface area contributed by atoms with E-state index in [9.17, 15) is 9.59 Å². The molecule has 0 spiro atoms. The van der Waals surface area contributed by atoms with E-state index in [0.717, 1.165) is 29.7 Å². The number of Topliss-reactive ketones (excluding diaryl/α,β-unsaturated/α-hetero) is 1. The molecular formula is C36H49N2O3+. The van der Waals surface area contributed by atoms with E-state index in [2.05, 4.69) is 16.8 Å². The van der Waals surface area contributed by atoms with Crippen molar-refractivity contribution in [2.24, 2.45) is 0 Å². The van der Waals surface area contributed by atoms with Crippen molar-refractivity contribution in [2.45, 2.75) is 104 Å². The first kappa shape index (κ1) is 32.0. The Morgan fingerprint density at radius 2 is 1.39 bits per heavy atom. The van der Waals surface area contributed by atoms with Gasteiger partial charge >= 0.3 is 0 Å². The van der Waals surface area contributed by atoms with Crippen molar-refractivity contribution < 1.29 is 18.9 Å². The third-order valence-electron chi connectivity index (χ3n) is 7.47. The van der Waals surface area contributed by atoms with Gasteiger partial charge in [-0.15, -0.1) is 0 Å². The molecule has 0 fully saturated rings. The Kier molecular flexibility index (Phi) is 14.7. The number of nitrogens with one attached hydrogen (secondary N) is 1. The van der Waals surface area contributed by atoms with Gasteiger partial charge in [0, 0.05) is 17.7 Å². The van der Waals surface area contributed by atoms with E-state index < -0.39 is 0 Å². The van der Waals surface area contributed by atoms with Crippen molar-refractivity contribution in [3.05, 3.63) is 89.7 Å². The van der Waals surface area contributed by atoms with E-state index in [0.29, 0.717) is 24.5 Å². The first-order chi connectivity index (χ1) is 20.1. The summed E-state index contributed by atoms with van der Waals surface area (Å²) in [4.78, 5) is 25.3. The number of hydrogen-bond donors (Lipinski definition) is 1. The number of ether oxygens (including phenoxy) is 1. The van der Waals surface area contributed by atoms with Gasteiger partial charge in [0.05, 0.1) is 24.3 Å². The molecule has 0 saturated heterocycles. The molecule has 5 nitrogen and oxygen atoms in total. The van der Waals surface area contributed by atoms with E-state index in [1.165, 1.54) is 64.2 Å². The van der Waals surface area contributed by atoms with Gasteiger partial charge in [0.25, 0.3) is 0 Å². The normalized spacial score (nSPS) is 10.9. The lowest BCUT2D eigenvalue weighted by molar-refractivity contribution is -0.688. The Morgan fingerprint density at radius 3 is 2.05 bits per heavy atom. The third kappa shape index (κ3) is 12.3. The molecule has 0 aliphatic carbocycles. The number of benzene rings is 2. The fourth-order valence-corrected chi connectivity index (χ4v) is 5.11. The average Bonchev–Trinajstić information content (AvgIpc) is 2.97. The van der Waals surface area contributed by atoms with E-state index in [1.54, 1.807) is 13.0 Å². The van der Waals surface area contributed by atoms with Gasteiger partial charge in [-0.05, 0) is 37.1 Å². The molecule has 5 heteroatoms. The Bertz CT molecular complexity index is 1190. The Hall–Kier alpha value is -3.47. The largest absolute Gasteiger partial charge is 0.493 e. The predicted molar refractivity (Wildman–Crippen MR) is 168 cm³/mol. The summed E-state index contributed by atoms with van der Waals surface area (Å²) in [6.07, 6.45) is 19.8. The zero-order valence-corrected chi connectivity index (χ0v) is 25.2. The summed E-state index contributed by atoms with van der Waals surface area (Å²) in [6.45, 7) is 5.08. The Balaban J connectivity index is 1.41. The Morgan fingerprint density at radius 1 is 0.756 bits per heavy atom. The van der Waals surface area contributed by atoms with Crippen LogP contribution in [0, 0.1) is 0 Å². The molecule has 0 atom stereocenters. The van der Waals surface area contributed by atoms with Crippen LogP contribution in [0.4, 0.5) is 5.69 Å². The highest BCUT2D eigenvalue weighted by atomic mass is 16.5. The number of para-hydroxylation sites is 1. The number of carbonyl (C=O) groups is 2. The minimum Gasteiger partial charge on any atom is -0.493 e. The van der Waals surface area contributed by atoms with Crippen LogP contribution in [0.25, 0.3) is 0 Å². The molecule has 3 aromatic rings. The number of aromatic nitrogens is 1. The van der Waals surface area contributed by atoms with Crippen molar-refractivity contribution in [2.75, 3.05) is 11.9 Å². The first-order valence-electron chi connectivity index (χ1n) is 15.7. The van der Waals surface area contributed by atoms with E-state index in [4.69, 9.17) is 4.74 Å². The second-order valence-corrected chi connectivity index (χ2v) is 11.1. The quantitative estimate of drug-likeness (QED) is 0.0861. The summed E-state index contributed by atoms with van der Waals surface area (Å²) >= 11 is 0. The molecule has 1 heterocycles. The van der Waals surface area contributed by atoms with Crippen molar-refractivity contribution >= 4 is 17.4 Å². The molecule has 0 saturated carbocycles. The SMILES string of the molecule is CCCCCCCCCCCCCCOc1ccc(CC(=O)Nc2ccccc2C[n+]2ccccc2)cc1C(C)=O. The second kappa shape index (κ2) is 18.8. The van der Waals surface area contributed by atoms with Gasteiger partial charge in [-0.3, -0.25) is 9.59 Å². The maximum absolute atomic E-state index is 12.9. The summed E-state index contributed by atoms with van der Waals surface area (Å²) < 4.78 is 8.06. The number of rotatable bonds is 20. The lowest BCUT2D eigenvalue weighted by Gasteiger charge is -2.13. The number of unbranched alkanes of at least 4 members (excludes halogenated alkanes) is 11. The van der Waals surface area contributed by atoms with E-state index in [1.807, 2.05) is 67.0 Å². The minimum atomic E-state index is -0.116. The maximum atomic E-state index is 12.9. The molecule has 1 aromatic heterocycles. The molecule has 0 unspecified atom stereocenters. The smallest absolute Gasteiger partial charge is 0.228 e. The van der Waals surface area contributed by atoms with Crippen LogP contribution in [0.2, 0.25) is 0 Å². The number of hydrogen-bond acceptors (Lipinski definition) is 3. The van der Waals surface area contributed by atoms with Gasteiger partial charge in [0.1, 0.15) is 5.75 Å². The monoisotopic (exact) mass is 557 g/mol. The lowest BCUT2D eigenvalue weighted by atomic mass is 10.0. The summed E-state index contributed by atoms with van der Waals surface area (Å²) in [5, 5.41) is 3.05. The number of pyridine rings is 1. The maximum Gasteiger partial charge on any atom is 0.228 e. The number of amides is 1. The van der Waals surface area contributed by atoms with Crippen LogP contribution in [0.3, 0.4) is 0 Å². The number of ketones is 1. The van der Waals surface area contributed by atoms with Crippen LogP contribution < -0.4 is 14.6 Å². The minimum absolute atomic E-state index is 0.0535. The van der Waals surface area contributed by atoms with Gasteiger partial charge in [-0.1, -0.05) is 108 Å². The molecule has 2 aromatic carbocycles. The highest BCUT2D eigenvalue weighted by molar-refractivity contribution is 5.98. The molecule has 41 heavy (non-hydrogen) atoms. The van der Waals surface area contributed by atoms with Crippen molar-refractivity contribution in [1.29, 1.82) is 0 Å². The van der Waals surface area contributed by atoms with Crippen molar-refractivity contribution in [1.82, 2.24) is 0 Å². The molecule has 3 rings (SSSR count). The fourth-order valence-electron chi connectivity index (χ4n) is 5.11. The molecule has 0 bridgehead atoms.